The van der Waals surface area contributed by atoms with E-state index in [1.807, 2.05) is 0 Å². The van der Waals surface area contributed by atoms with Crippen LogP contribution in [0.2, 0.25) is 0 Å². The normalized spacial score (nSPS) is 10.2. The Bertz CT molecular complexity index is 164. The Balaban J connectivity index is 0. The summed E-state index contributed by atoms with van der Waals surface area (Å²) < 4.78 is 33.9. The molecule has 0 aliphatic heterocycles. The van der Waals surface area contributed by atoms with E-state index < -0.39 is 24.2 Å². The SMILES string of the molecule is CC(=O)CC(=O)C(F)(F)F.[Pt]. The van der Waals surface area contributed by atoms with Crippen molar-refractivity contribution in [3.8, 4) is 0 Å². The van der Waals surface area contributed by atoms with Crippen LogP contribution in [-0.4, -0.2) is 17.7 Å². The van der Waals surface area contributed by atoms with Gasteiger partial charge in [0.1, 0.15) is 5.78 Å². The number of alkyl halides is 3. The van der Waals surface area contributed by atoms with E-state index in [1.165, 1.54) is 0 Å². The number of ketones is 2. The van der Waals surface area contributed by atoms with Gasteiger partial charge in [-0.3, -0.25) is 9.59 Å². The van der Waals surface area contributed by atoms with E-state index in [1.54, 1.807) is 0 Å². The molecule has 0 bridgehead atoms. The van der Waals surface area contributed by atoms with E-state index in [9.17, 15) is 22.8 Å². The van der Waals surface area contributed by atoms with Gasteiger partial charge in [0.15, 0.2) is 0 Å². The summed E-state index contributed by atoms with van der Waals surface area (Å²) >= 11 is 0. The molecule has 0 N–H and O–H groups in total. The van der Waals surface area contributed by atoms with Crippen LogP contribution in [0.4, 0.5) is 13.2 Å². The van der Waals surface area contributed by atoms with Gasteiger partial charge >= 0.3 is 6.18 Å². The quantitative estimate of drug-likeness (QED) is 0.700. The van der Waals surface area contributed by atoms with Crippen molar-refractivity contribution in [2.24, 2.45) is 0 Å². The predicted molar refractivity (Wildman–Crippen MR) is 26.4 cm³/mol. The van der Waals surface area contributed by atoms with Crippen molar-refractivity contribution in [1.29, 1.82) is 0 Å². The average molecular weight is 349 g/mol. The Labute approximate surface area is 75.4 Å². The van der Waals surface area contributed by atoms with Crippen LogP contribution in [0.15, 0.2) is 0 Å². The number of carbonyl (C=O) groups excluding carboxylic acids is 2. The van der Waals surface area contributed by atoms with E-state index in [2.05, 4.69) is 0 Å². The summed E-state index contributed by atoms with van der Waals surface area (Å²) in [4.78, 5) is 19.9. The second kappa shape index (κ2) is 4.65. The third kappa shape index (κ3) is 6.23. The monoisotopic (exact) mass is 349 g/mol. The summed E-state index contributed by atoms with van der Waals surface area (Å²) in [6.07, 6.45) is -5.92. The molecular weight excluding hydrogens is 344 g/mol. The Morgan fingerprint density at radius 1 is 1.27 bits per heavy atom. The van der Waals surface area contributed by atoms with Gasteiger partial charge in [-0.25, -0.2) is 0 Å². The minimum absolute atomic E-state index is 0. The second-order valence-corrected chi connectivity index (χ2v) is 1.80. The van der Waals surface area contributed by atoms with Crippen LogP contribution in [-0.2, 0) is 30.7 Å². The van der Waals surface area contributed by atoms with E-state index in [0.717, 1.165) is 6.92 Å². The van der Waals surface area contributed by atoms with Gasteiger partial charge in [-0.15, -0.1) is 0 Å². The molecule has 0 atom stereocenters. The second-order valence-electron chi connectivity index (χ2n) is 1.80. The fraction of sp³-hybridized carbons (Fsp3) is 0.600. The number of rotatable bonds is 2. The number of hydrogen-bond donors (Lipinski definition) is 0. The summed E-state index contributed by atoms with van der Waals surface area (Å²) in [6, 6.07) is 0. The van der Waals surface area contributed by atoms with Gasteiger partial charge in [-0.05, 0) is 6.92 Å². The van der Waals surface area contributed by atoms with Crippen LogP contribution in [0.5, 0.6) is 0 Å². The molecule has 0 amide bonds. The zero-order valence-corrected chi connectivity index (χ0v) is 7.75. The van der Waals surface area contributed by atoms with Crippen molar-refractivity contribution >= 4 is 11.6 Å². The van der Waals surface area contributed by atoms with Gasteiger partial charge in [-0.1, -0.05) is 0 Å². The van der Waals surface area contributed by atoms with Crippen molar-refractivity contribution in [3.05, 3.63) is 0 Å². The first kappa shape index (κ1) is 13.4. The van der Waals surface area contributed by atoms with Crippen LogP contribution >= 0.6 is 0 Å². The number of halogens is 3. The Morgan fingerprint density at radius 3 is 1.73 bits per heavy atom. The molecule has 0 rings (SSSR count). The van der Waals surface area contributed by atoms with E-state index >= 15 is 0 Å². The molecule has 0 aromatic heterocycles. The van der Waals surface area contributed by atoms with Crippen LogP contribution < -0.4 is 0 Å². The molecule has 0 saturated heterocycles. The summed E-state index contributed by atoms with van der Waals surface area (Å²) in [5.74, 6) is -2.76. The topological polar surface area (TPSA) is 34.1 Å². The first-order valence-electron chi connectivity index (χ1n) is 2.43. The molecule has 0 heterocycles. The van der Waals surface area contributed by atoms with E-state index in [0.29, 0.717) is 0 Å². The van der Waals surface area contributed by atoms with Gasteiger partial charge in [0.05, 0.1) is 6.42 Å². The van der Waals surface area contributed by atoms with Gasteiger partial charge in [-0.2, -0.15) is 13.2 Å². The van der Waals surface area contributed by atoms with Gasteiger partial charge in [0.2, 0.25) is 5.78 Å². The molecule has 0 radical (unpaired) electrons. The van der Waals surface area contributed by atoms with Gasteiger partial charge in [0.25, 0.3) is 0 Å². The molecule has 0 aromatic carbocycles. The number of carbonyl (C=O) groups is 2. The van der Waals surface area contributed by atoms with Crippen LogP contribution in [0.25, 0.3) is 0 Å². The zero-order chi connectivity index (χ0) is 8.36. The van der Waals surface area contributed by atoms with Gasteiger partial charge < -0.3 is 0 Å². The van der Waals surface area contributed by atoms with Crippen LogP contribution in [0.1, 0.15) is 13.3 Å². The maximum atomic E-state index is 11.3. The summed E-state index contributed by atoms with van der Waals surface area (Å²) in [5, 5.41) is 0. The molecule has 68 valence electrons. The van der Waals surface area contributed by atoms with Crippen molar-refractivity contribution < 1.29 is 43.8 Å². The maximum absolute atomic E-state index is 11.3. The van der Waals surface area contributed by atoms with Crippen LogP contribution in [0.3, 0.4) is 0 Å². The fourth-order valence-corrected chi connectivity index (χ4v) is 0.326. The molecule has 2 nitrogen and oxygen atoms in total. The van der Waals surface area contributed by atoms with Crippen LogP contribution in [0, 0.1) is 0 Å². The first-order chi connectivity index (χ1) is 4.34. The van der Waals surface area contributed by atoms with E-state index in [-0.39, 0.29) is 21.1 Å². The maximum Gasteiger partial charge on any atom is 0.450 e. The summed E-state index contributed by atoms with van der Waals surface area (Å²) in [6.45, 7) is 0.934. The molecule has 0 aliphatic rings. The molecule has 0 spiro atoms. The fourth-order valence-electron chi connectivity index (χ4n) is 0.326. The molecule has 0 aromatic rings. The zero-order valence-electron chi connectivity index (χ0n) is 5.47. The molecule has 0 fully saturated rings. The van der Waals surface area contributed by atoms with Crippen molar-refractivity contribution in [1.82, 2.24) is 0 Å². The minimum Gasteiger partial charge on any atom is -0.300 e. The Morgan fingerprint density at radius 2 is 1.64 bits per heavy atom. The predicted octanol–water partition coefficient (Wildman–Crippen LogP) is 1.09. The smallest absolute Gasteiger partial charge is 0.300 e. The summed E-state index contributed by atoms with van der Waals surface area (Å²) in [5.41, 5.74) is 0. The standard InChI is InChI=1S/C5H5F3O2.Pt/c1-3(9)2-4(10)5(6,7)8;/h2H2,1H3;. The molecule has 6 heteroatoms. The largest absolute Gasteiger partial charge is 0.450 e. The third-order valence-electron chi connectivity index (χ3n) is 0.726. The van der Waals surface area contributed by atoms with Crippen molar-refractivity contribution in [2.45, 2.75) is 19.5 Å². The first-order valence-corrected chi connectivity index (χ1v) is 2.43. The molecular formula is C5H5F3O2Pt. The minimum atomic E-state index is -4.87. The third-order valence-corrected chi connectivity index (χ3v) is 0.726. The molecule has 0 saturated carbocycles. The molecule has 0 aliphatic carbocycles. The number of Topliss-reactive ketones (excluding diaryl/α,β-unsaturated/α-hetero) is 2. The van der Waals surface area contributed by atoms with Gasteiger partial charge in [0, 0.05) is 21.1 Å². The van der Waals surface area contributed by atoms with E-state index in [4.69, 9.17) is 0 Å². The molecule has 11 heavy (non-hydrogen) atoms. The Hall–Kier alpha value is -0.182. The average Bonchev–Trinajstić information content (AvgIpc) is 1.60. The summed E-state index contributed by atoms with van der Waals surface area (Å²) in [7, 11) is 0. The Kier molecular flexibility index (Phi) is 5.67. The molecule has 0 unspecified atom stereocenters. The van der Waals surface area contributed by atoms with Crippen molar-refractivity contribution in [2.75, 3.05) is 0 Å². The number of hydrogen-bond acceptors (Lipinski definition) is 2. The van der Waals surface area contributed by atoms with Crippen molar-refractivity contribution in [3.63, 3.8) is 0 Å².